The van der Waals surface area contributed by atoms with Gasteiger partial charge in [-0.05, 0) is 11.1 Å². The van der Waals surface area contributed by atoms with E-state index in [0.29, 0.717) is 19.8 Å². The molecule has 26 heavy (non-hydrogen) atoms. The summed E-state index contributed by atoms with van der Waals surface area (Å²) in [6.07, 6.45) is 7.72. The van der Waals surface area contributed by atoms with Crippen LogP contribution < -0.4 is 9.13 Å². The topological polar surface area (TPSA) is 57.5 Å². The highest BCUT2D eigenvalue weighted by Crippen LogP contribution is 2.15. The lowest BCUT2D eigenvalue weighted by atomic mass is 10.1. The summed E-state index contributed by atoms with van der Waals surface area (Å²) >= 11 is 0. The molecule has 0 amide bonds. The Morgan fingerprint density at radius 1 is 0.923 bits per heavy atom. The average Bonchev–Trinajstić information content (AvgIpc) is 2.58. The maximum absolute atomic E-state index is 10.2. The molecule has 0 spiro atoms. The SMILES string of the molecule is C[N+](C)(C)CC(O)C[n+]1ccc(-c2cc[n+](CCOCCO)cc2)cc1. The van der Waals surface area contributed by atoms with Crippen LogP contribution in [0.4, 0.5) is 0 Å². The summed E-state index contributed by atoms with van der Waals surface area (Å²) in [5, 5.41) is 18.9. The summed E-state index contributed by atoms with van der Waals surface area (Å²) < 4.78 is 10.1. The lowest BCUT2D eigenvalue weighted by Gasteiger charge is -2.25. The molecule has 1 unspecified atom stereocenters. The highest BCUT2D eigenvalue weighted by atomic mass is 16.5. The molecule has 0 fully saturated rings. The monoisotopic (exact) mass is 362 g/mol. The van der Waals surface area contributed by atoms with Gasteiger partial charge in [0.15, 0.2) is 44.0 Å². The Morgan fingerprint density at radius 3 is 1.96 bits per heavy atom. The van der Waals surface area contributed by atoms with Crippen molar-refractivity contribution in [3.05, 3.63) is 49.1 Å². The second-order valence-electron chi connectivity index (χ2n) is 7.57. The number of ether oxygens (including phenoxy) is 1. The Kier molecular flexibility index (Phi) is 7.66. The molecule has 0 aliphatic heterocycles. The lowest BCUT2D eigenvalue weighted by molar-refractivity contribution is -0.877. The van der Waals surface area contributed by atoms with Gasteiger partial charge in [0.05, 0.1) is 34.4 Å². The van der Waals surface area contributed by atoms with Gasteiger partial charge < -0.3 is 19.4 Å². The lowest BCUT2D eigenvalue weighted by Crippen LogP contribution is -2.48. The van der Waals surface area contributed by atoms with Gasteiger partial charge in [-0.2, -0.15) is 0 Å². The number of aliphatic hydroxyl groups excluding tert-OH is 2. The molecular formula is C20H32N3O3+3. The van der Waals surface area contributed by atoms with E-state index in [9.17, 15) is 5.11 Å². The van der Waals surface area contributed by atoms with Crippen LogP contribution in [-0.2, 0) is 17.8 Å². The molecule has 2 aromatic rings. The standard InChI is InChI=1S/C20H32N3O3/c1-23(2,3)17-20(25)16-22-10-6-19(7-11-22)18-4-8-21(9-5-18)12-14-26-15-13-24/h4-11,20,24-25H,12-17H2,1-3H3/q+3. The molecule has 0 aromatic carbocycles. The molecule has 6 heteroatoms. The molecule has 6 nitrogen and oxygen atoms in total. The van der Waals surface area contributed by atoms with Gasteiger partial charge in [-0.25, -0.2) is 9.13 Å². The van der Waals surface area contributed by atoms with Crippen LogP contribution >= 0.6 is 0 Å². The number of aromatic nitrogens is 2. The number of rotatable bonds is 10. The van der Waals surface area contributed by atoms with Crippen molar-refractivity contribution in [3.8, 4) is 11.1 Å². The van der Waals surface area contributed by atoms with Gasteiger partial charge >= 0.3 is 0 Å². The normalized spacial score (nSPS) is 13.0. The zero-order valence-corrected chi connectivity index (χ0v) is 16.1. The highest BCUT2D eigenvalue weighted by molar-refractivity contribution is 5.60. The van der Waals surface area contributed by atoms with Gasteiger partial charge in [0.1, 0.15) is 13.2 Å². The van der Waals surface area contributed by atoms with Gasteiger partial charge in [-0.15, -0.1) is 0 Å². The summed E-state index contributed by atoms with van der Waals surface area (Å²) in [5.74, 6) is 0. The van der Waals surface area contributed by atoms with Crippen molar-refractivity contribution >= 4 is 0 Å². The summed E-state index contributed by atoms with van der Waals surface area (Å²) in [6.45, 7) is 3.11. The first-order chi connectivity index (χ1) is 12.4. The van der Waals surface area contributed by atoms with E-state index in [4.69, 9.17) is 9.84 Å². The third-order valence-corrected chi connectivity index (χ3v) is 4.03. The fourth-order valence-electron chi connectivity index (χ4n) is 2.84. The molecule has 2 heterocycles. The van der Waals surface area contributed by atoms with Crippen LogP contribution in [0.25, 0.3) is 11.1 Å². The van der Waals surface area contributed by atoms with Crippen LogP contribution in [0.15, 0.2) is 49.1 Å². The minimum atomic E-state index is -0.366. The molecular weight excluding hydrogens is 330 g/mol. The van der Waals surface area contributed by atoms with Crippen LogP contribution in [0.3, 0.4) is 0 Å². The highest BCUT2D eigenvalue weighted by Gasteiger charge is 2.19. The number of pyridine rings is 2. The molecule has 0 radical (unpaired) electrons. The van der Waals surface area contributed by atoms with Crippen LogP contribution in [0.1, 0.15) is 0 Å². The Bertz CT molecular complexity index is 651. The molecule has 2 rings (SSSR count). The smallest absolute Gasteiger partial charge is 0.179 e. The third-order valence-electron chi connectivity index (χ3n) is 4.03. The number of nitrogens with zero attached hydrogens (tertiary/aromatic N) is 3. The van der Waals surface area contributed by atoms with E-state index in [2.05, 4.69) is 50.0 Å². The quantitative estimate of drug-likeness (QED) is 0.356. The maximum Gasteiger partial charge on any atom is 0.179 e. The first-order valence-electron chi connectivity index (χ1n) is 9.03. The summed E-state index contributed by atoms with van der Waals surface area (Å²) in [4.78, 5) is 0. The van der Waals surface area contributed by atoms with Gasteiger partial charge in [-0.3, -0.25) is 0 Å². The second-order valence-corrected chi connectivity index (χ2v) is 7.57. The fraction of sp³-hybridized carbons (Fsp3) is 0.500. The van der Waals surface area contributed by atoms with Crippen molar-refractivity contribution in [3.63, 3.8) is 0 Å². The van der Waals surface area contributed by atoms with Crippen molar-refractivity contribution in [2.75, 3.05) is 47.5 Å². The Morgan fingerprint density at radius 2 is 1.46 bits per heavy atom. The first-order valence-corrected chi connectivity index (χ1v) is 9.03. The van der Waals surface area contributed by atoms with E-state index in [1.54, 1.807) is 0 Å². The fourth-order valence-corrected chi connectivity index (χ4v) is 2.84. The van der Waals surface area contributed by atoms with Gasteiger partial charge in [-0.1, -0.05) is 0 Å². The number of quaternary nitrogens is 1. The Hall–Kier alpha value is -1.86. The molecule has 142 valence electrons. The molecule has 0 saturated carbocycles. The molecule has 0 bridgehead atoms. The van der Waals surface area contributed by atoms with Gasteiger partial charge in [0, 0.05) is 24.3 Å². The summed E-state index contributed by atoms with van der Waals surface area (Å²) in [6, 6.07) is 8.31. The number of likely N-dealkylation sites (N-methyl/N-ethyl adjacent to an activating group) is 1. The van der Waals surface area contributed by atoms with Gasteiger partial charge in [0.2, 0.25) is 0 Å². The number of hydrogen-bond donors (Lipinski definition) is 2. The average molecular weight is 362 g/mol. The van der Waals surface area contributed by atoms with Crippen molar-refractivity contribution in [1.82, 2.24) is 0 Å². The minimum absolute atomic E-state index is 0.0595. The van der Waals surface area contributed by atoms with Crippen molar-refractivity contribution in [2.24, 2.45) is 0 Å². The predicted molar refractivity (Wildman–Crippen MR) is 99.1 cm³/mol. The zero-order valence-electron chi connectivity index (χ0n) is 16.1. The van der Waals surface area contributed by atoms with E-state index in [0.717, 1.165) is 28.7 Å². The molecule has 0 saturated heterocycles. The van der Waals surface area contributed by atoms with Crippen LogP contribution in [-0.4, -0.2) is 68.3 Å². The van der Waals surface area contributed by atoms with E-state index in [-0.39, 0.29) is 12.7 Å². The van der Waals surface area contributed by atoms with Gasteiger partial charge in [0.25, 0.3) is 0 Å². The molecule has 0 aliphatic rings. The minimum Gasteiger partial charge on any atom is -0.394 e. The van der Waals surface area contributed by atoms with E-state index >= 15 is 0 Å². The predicted octanol–water partition coefficient (Wildman–Crippen LogP) is 0.00460. The molecule has 0 aliphatic carbocycles. The van der Waals surface area contributed by atoms with Crippen molar-refractivity contribution in [1.29, 1.82) is 0 Å². The summed E-state index contributed by atoms with van der Waals surface area (Å²) in [7, 11) is 6.24. The number of aliphatic hydroxyl groups is 2. The van der Waals surface area contributed by atoms with Crippen LogP contribution in [0.5, 0.6) is 0 Å². The Balaban J connectivity index is 1.91. The first kappa shape index (κ1) is 20.5. The van der Waals surface area contributed by atoms with Crippen LogP contribution in [0.2, 0.25) is 0 Å². The van der Waals surface area contributed by atoms with Crippen molar-refractivity contribution in [2.45, 2.75) is 19.2 Å². The molecule has 1 atom stereocenters. The number of hydrogen-bond acceptors (Lipinski definition) is 3. The Labute approximate surface area is 156 Å². The van der Waals surface area contributed by atoms with Crippen molar-refractivity contribution < 1.29 is 28.6 Å². The second kappa shape index (κ2) is 9.73. The zero-order chi connectivity index (χ0) is 19.0. The largest absolute Gasteiger partial charge is 0.394 e. The van der Waals surface area contributed by atoms with E-state index in [1.165, 1.54) is 0 Å². The third kappa shape index (κ3) is 7.17. The molecule has 2 N–H and O–H groups in total. The maximum atomic E-state index is 10.2. The van der Waals surface area contributed by atoms with E-state index < -0.39 is 0 Å². The van der Waals surface area contributed by atoms with Crippen LogP contribution in [0, 0.1) is 0 Å². The molecule has 2 aromatic heterocycles. The van der Waals surface area contributed by atoms with E-state index in [1.807, 2.05) is 29.4 Å². The summed E-state index contributed by atoms with van der Waals surface area (Å²) in [5.41, 5.74) is 2.29.